The van der Waals surface area contributed by atoms with Gasteiger partial charge in [-0.3, -0.25) is 9.79 Å². The Hall–Kier alpha value is -1.58. The van der Waals surface area contributed by atoms with Crippen LogP contribution in [0.5, 0.6) is 0 Å². The second-order valence-electron chi connectivity index (χ2n) is 5.74. The molecule has 2 rings (SSSR count). The van der Waals surface area contributed by atoms with Crippen LogP contribution in [-0.2, 0) is 4.79 Å². The zero-order valence-electron chi connectivity index (χ0n) is 15.1. The van der Waals surface area contributed by atoms with E-state index >= 15 is 0 Å². The Bertz CT molecular complexity index is 531. The predicted molar refractivity (Wildman–Crippen MR) is 113 cm³/mol. The SMILES string of the molecule is CCCNC(=O)CCNC(=NC)N1CCN(c2ccccn2)CC1.I. The summed E-state index contributed by atoms with van der Waals surface area (Å²) in [5.74, 6) is 1.96. The Kier molecular flexibility index (Phi) is 10.2. The van der Waals surface area contributed by atoms with E-state index in [0.717, 1.165) is 50.9 Å². The topological polar surface area (TPSA) is 72.9 Å². The maximum atomic E-state index is 11.6. The summed E-state index contributed by atoms with van der Waals surface area (Å²) < 4.78 is 0. The van der Waals surface area contributed by atoms with Gasteiger partial charge in [-0.25, -0.2) is 4.98 Å². The lowest BCUT2D eigenvalue weighted by Crippen LogP contribution is -2.53. The standard InChI is InChI=1S/C17H28N6O.HI/c1-3-8-20-16(24)7-10-21-17(18-2)23-13-11-22(12-14-23)15-6-4-5-9-19-15;/h4-6,9H,3,7-8,10-14H2,1-2H3,(H,18,21)(H,20,24);1H. The van der Waals surface area contributed by atoms with Crippen LogP contribution in [0.3, 0.4) is 0 Å². The van der Waals surface area contributed by atoms with Crippen LogP contribution >= 0.6 is 24.0 Å². The molecule has 1 aromatic heterocycles. The van der Waals surface area contributed by atoms with E-state index in [9.17, 15) is 4.79 Å². The van der Waals surface area contributed by atoms with Gasteiger partial charge in [0.15, 0.2) is 5.96 Å². The number of aromatic nitrogens is 1. The van der Waals surface area contributed by atoms with Crippen LogP contribution in [-0.4, -0.2) is 68.1 Å². The summed E-state index contributed by atoms with van der Waals surface area (Å²) in [4.78, 5) is 24.9. The van der Waals surface area contributed by atoms with Crippen LogP contribution < -0.4 is 15.5 Å². The van der Waals surface area contributed by atoms with E-state index in [1.165, 1.54) is 0 Å². The highest BCUT2D eigenvalue weighted by molar-refractivity contribution is 14.0. The highest BCUT2D eigenvalue weighted by Crippen LogP contribution is 2.12. The molecule has 8 heteroatoms. The summed E-state index contributed by atoms with van der Waals surface area (Å²) in [5.41, 5.74) is 0. The highest BCUT2D eigenvalue weighted by atomic mass is 127. The summed E-state index contributed by atoms with van der Waals surface area (Å²) in [6, 6.07) is 5.98. The number of carbonyl (C=O) groups is 1. The van der Waals surface area contributed by atoms with Crippen LogP contribution in [0.15, 0.2) is 29.4 Å². The van der Waals surface area contributed by atoms with Crippen LogP contribution in [0.1, 0.15) is 19.8 Å². The van der Waals surface area contributed by atoms with Gasteiger partial charge in [-0.05, 0) is 18.6 Å². The average Bonchev–Trinajstić information content (AvgIpc) is 2.64. The number of halogens is 1. The highest BCUT2D eigenvalue weighted by Gasteiger charge is 2.20. The fourth-order valence-corrected chi connectivity index (χ4v) is 2.66. The quantitative estimate of drug-likeness (QED) is 0.381. The molecule has 0 aromatic carbocycles. The average molecular weight is 460 g/mol. The van der Waals surface area contributed by atoms with Crippen LogP contribution in [0, 0.1) is 0 Å². The van der Waals surface area contributed by atoms with Gasteiger partial charge in [0.2, 0.25) is 5.91 Å². The third-order valence-electron chi connectivity index (χ3n) is 3.97. The molecule has 1 aliphatic heterocycles. The first-order valence-electron chi connectivity index (χ1n) is 8.63. The molecule has 0 bridgehead atoms. The minimum atomic E-state index is 0. The molecule has 2 N–H and O–H groups in total. The van der Waals surface area contributed by atoms with Gasteiger partial charge in [0.05, 0.1) is 0 Å². The van der Waals surface area contributed by atoms with Crippen molar-refractivity contribution < 1.29 is 4.79 Å². The van der Waals surface area contributed by atoms with Crippen LogP contribution in [0.25, 0.3) is 0 Å². The minimum Gasteiger partial charge on any atom is -0.356 e. The summed E-state index contributed by atoms with van der Waals surface area (Å²) in [6.07, 6.45) is 3.25. The molecule has 0 atom stereocenters. The zero-order chi connectivity index (χ0) is 17.2. The van der Waals surface area contributed by atoms with E-state index in [1.54, 1.807) is 7.05 Å². The van der Waals surface area contributed by atoms with Crippen molar-refractivity contribution in [3.63, 3.8) is 0 Å². The van der Waals surface area contributed by atoms with Gasteiger partial charge in [0, 0.05) is 58.9 Å². The van der Waals surface area contributed by atoms with Crippen molar-refractivity contribution >= 4 is 41.7 Å². The largest absolute Gasteiger partial charge is 0.356 e. The second-order valence-corrected chi connectivity index (χ2v) is 5.74. The number of aliphatic imine (C=N–C) groups is 1. The maximum Gasteiger partial charge on any atom is 0.221 e. The van der Waals surface area contributed by atoms with Crippen LogP contribution in [0.4, 0.5) is 5.82 Å². The number of nitrogens with one attached hydrogen (secondary N) is 2. The molecule has 0 saturated carbocycles. The van der Waals surface area contributed by atoms with Gasteiger partial charge in [-0.1, -0.05) is 13.0 Å². The van der Waals surface area contributed by atoms with E-state index in [4.69, 9.17) is 0 Å². The van der Waals surface area contributed by atoms with Gasteiger partial charge in [0.25, 0.3) is 0 Å². The van der Waals surface area contributed by atoms with Crippen molar-refractivity contribution in [1.82, 2.24) is 20.5 Å². The zero-order valence-corrected chi connectivity index (χ0v) is 17.4. The monoisotopic (exact) mass is 460 g/mol. The van der Waals surface area contributed by atoms with Crippen molar-refractivity contribution in [2.45, 2.75) is 19.8 Å². The molecule has 0 spiro atoms. The van der Waals surface area contributed by atoms with Gasteiger partial charge in [-0.15, -0.1) is 24.0 Å². The molecule has 2 heterocycles. The molecule has 7 nitrogen and oxygen atoms in total. The molecule has 140 valence electrons. The van der Waals surface area contributed by atoms with Gasteiger partial charge >= 0.3 is 0 Å². The fourth-order valence-electron chi connectivity index (χ4n) is 2.66. The third-order valence-corrected chi connectivity index (χ3v) is 3.97. The van der Waals surface area contributed by atoms with Gasteiger partial charge < -0.3 is 20.4 Å². The van der Waals surface area contributed by atoms with E-state index < -0.39 is 0 Å². The van der Waals surface area contributed by atoms with E-state index in [0.29, 0.717) is 13.0 Å². The summed E-state index contributed by atoms with van der Waals surface area (Å²) in [6.45, 7) is 6.98. The van der Waals surface area contributed by atoms with Gasteiger partial charge in [0.1, 0.15) is 5.82 Å². The molecule has 0 aliphatic carbocycles. The molecular formula is C17H29IN6O. The van der Waals surface area contributed by atoms with Crippen molar-refractivity contribution in [1.29, 1.82) is 0 Å². The number of nitrogens with zero attached hydrogens (tertiary/aromatic N) is 4. The normalized spacial score (nSPS) is 14.7. The second kappa shape index (κ2) is 11.9. The minimum absolute atomic E-state index is 0. The Morgan fingerprint density at radius 2 is 1.96 bits per heavy atom. The lowest BCUT2D eigenvalue weighted by atomic mass is 10.3. The molecule has 1 aliphatic rings. The van der Waals surface area contributed by atoms with Gasteiger partial charge in [-0.2, -0.15) is 0 Å². The molecule has 1 amide bonds. The van der Waals surface area contributed by atoms with Crippen molar-refractivity contribution in [3.8, 4) is 0 Å². The fraction of sp³-hybridized carbons (Fsp3) is 0.588. The number of hydrogen-bond acceptors (Lipinski definition) is 4. The molecule has 1 aromatic rings. The third kappa shape index (κ3) is 7.05. The number of piperazine rings is 1. The Morgan fingerprint density at radius 1 is 1.20 bits per heavy atom. The summed E-state index contributed by atoms with van der Waals surface area (Å²) in [5, 5.41) is 6.16. The van der Waals surface area contributed by atoms with Crippen molar-refractivity contribution in [2.24, 2.45) is 4.99 Å². The van der Waals surface area contributed by atoms with E-state index in [2.05, 4.69) is 30.4 Å². The first-order chi connectivity index (χ1) is 11.7. The first-order valence-corrected chi connectivity index (χ1v) is 8.63. The number of guanidine groups is 1. The Morgan fingerprint density at radius 3 is 2.56 bits per heavy atom. The maximum absolute atomic E-state index is 11.6. The number of hydrogen-bond donors (Lipinski definition) is 2. The molecule has 1 fully saturated rings. The van der Waals surface area contributed by atoms with Crippen molar-refractivity contribution in [3.05, 3.63) is 24.4 Å². The number of rotatable bonds is 6. The molecular weight excluding hydrogens is 431 g/mol. The molecule has 0 radical (unpaired) electrons. The Balaban J connectivity index is 0.00000312. The number of anilines is 1. The lowest BCUT2D eigenvalue weighted by molar-refractivity contribution is -0.120. The Labute approximate surface area is 167 Å². The smallest absolute Gasteiger partial charge is 0.221 e. The summed E-state index contributed by atoms with van der Waals surface area (Å²) in [7, 11) is 1.78. The first kappa shape index (κ1) is 21.5. The molecule has 0 unspecified atom stereocenters. The lowest BCUT2D eigenvalue weighted by Gasteiger charge is -2.37. The number of amides is 1. The number of carbonyl (C=O) groups excluding carboxylic acids is 1. The van der Waals surface area contributed by atoms with Crippen LogP contribution in [0.2, 0.25) is 0 Å². The molecule has 1 saturated heterocycles. The van der Waals surface area contributed by atoms with E-state index in [-0.39, 0.29) is 29.9 Å². The number of pyridine rings is 1. The molecule has 25 heavy (non-hydrogen) atoms. The van der Waals surface area contributed by atoms with Crippen molar-refractivity contribution in [2.75, 3.05) is 51.2 Å². The predicted octanol–water partition coefficient (Wildman–Crippen LogP) is 1.31. The summed E-state index contributed by atoms with van der Waals surface area (Å²) >= 11 is 0. The van der Waals surface area contributed by atoms with E-state index in [1.807, 2.05) is 31.3 Å².